The summed E-state index contributed by atoms with van der Waals surface area (Å²) in [5.41, 5.74) is 5.35. The fraction of sp³-hybridized carbons (Fsp3) is 0.444. The maximum Gasteiger partial charge on any atom is 0.202 e. The molecule has 12 atom stereocenters. The fourth-order valence-electron chi connectivity index (χ4n) is 11.4. The Morgan fingerprint density at radius 1 is 0.608 bits per heavy atom. The summed E-state index contributed by atoms with van der Waals surface area (Å²) in [5, 5.41) is 97.8. The molecule has 6 aliphatic rings. The molecule has 4 aromatic rings. The molecular weight excluding hydrogens is 1080 g/mol. The van der Waals surface area contributed by atoms with E-state index in [9.17, 15) is 74.7 Å². The number of hydrogen-bond donors (Lipinski definition) is 11. The Kier molecular flexibility index (Phi) is 17.2. The second-order valence-electron chi connectivity index (χ2n) is 20.3. The van der Waals surface area contributed by atoms with E-state index in [-0.39, 0.29) is 100 Å². The zero-order valence-electron chi connectivity index (χ0n) is 43.1. The van der Waals surface area contributed by atoms with Crippen molar-refractivity contribution in [3.05, 3.63) is 103 Å². The Labute approximate surface area is 462 Å². The van der Waals surface area contributed by atoms with Crippen molar-refractivity contribution in [2.24, 2.45) is 11.5 Å². The van der Waals surface area contributed by atoms with E-state index < -0.39 is 178 Å². The molecule has 0 spiro atoms. The smallest absolute Gasteiger partial charge is 0.202 e. The predicted octanol–water partition coefficient (Wildman–Crippen LogP) is 1.87. The van der Waals surface area contributed by atoms with Crippen molar-refractivity contribution in [1.29, 1.82) is 0 Å². The maximum absolute atomic E-state index is 13.6. The van der Waals surface area contributed by atoms with Crippen LogP contribution in [0.3, 0.4) is 0 Å². The van der Waals surface area contributed by atoms with Crippen molar-refractivity contribution in [3.8, 4) is 34.5 Å². The number of methoxy groups -OCH3 is 2. The highest BCUT2D eigenvalue weighted by atomic mass is 35.5. The highest BCUT2D eigenvalue weighted by molar-refractivity contribution is 6.32. The number of carbonyl (C=O) groups is 6. The van der Waals surface area contributed by atoms with Crippen LogP contribution in [-0.4, -0.2) is 162 Å². The van der Waals surface area contributed by atoms with Gasteiger partial charge in [-0.1, -0.05) is 24.3 Å². The topological polar surface area (TPSA) is 392 Å². The molecule has 13 N–H and O–H groups in total. The number of phenols is 4. The maximum atomic E-state index is 13.6. The van der Waals surface area contributed by atoms with Crippen LogP contribution in [0.1, 0.15) is 145 Å². The van der Waals surface area contributed by atoms with Gasteiger partial charge in [0.25, 0.3) is 0 Å². The van der Waals surface area contributed by atoms with Crippen LogP contribution in [0.4, 0.5) is 0 Å². The van der Waals surface area contributed by atoms with E-state index in [2.05, 4.69) is 0 Å². The number of ether oxygens (including phenoxy) is 6. The molecule has 0 unspecified atom stereocenters. The van der Waals surface area contributed by atoms with Crippen LogP contribution in [0, 0.1) is 0 Å². The molecule has 2 saturated heterocycles. The highest BCUT2D eigenvalue weighted by Gasteiger charge is 2.52. The lowest BCUT2D eigenvalue weighted by Crippen LogP contribution is -2.53. The number of benzene rings is 4. The number of Topliss-reactive ketones (excluding diaryl/α,β-unsaturated/α-hetero) is 2. The first-order chi connectivity index (χ1) is 36.3. The summed E-state index contributed by atoms with van der Waals surface area (Å²) in [4.78, 5) is 79.3. The van der Waals surface area contributed by atoms with Gasteiger partial charge in [0, 0.05) is 84.0 Å². The third-order valence-corrected chi connectivity index (χ3v) is 15.6. The molecule has 25 heteroatoms. The number of halogens is 2. The quantitative estimate of drug-likeness (QED) is 0.0921. The molecule has 4 aliphatic carbocycles. The fourth-order valence-corrected chi connectivity index (χ4v) is 11.4. The Morgan fingerprint density at radius 3 is 1.33 bits per heavy atom. The highest BCUT2D eigenvalue weighted by Crippen LogP contribution is 2.55. The van der Waals surface area contributed by atoms with E-state index >= 15 is 0 Å². The summed E-state index contributed by atoms with van der Waals surface area (Å²) in [6.45, 7) is 3.35. The minimum atomic E-state index is -2.24. The van der Waals surface area contributed by atoms with Gasteiger partial charge in [0.2, 0.25) is 11.6 Å². The summed E-state index contributed by atoms with van der Waals surface area (Å²) in [7, 11) is 2.66. The molecule has 0 saturated carbocycles. The number of aromatic hydroxyl groups is 4. The number of nitrogens with two attached hydrogens (primary N) is 2. The number of fused-ring (bicyclic) bond motifs is 6. The van der Waals surface area contributed by atoms with Crippen molar-refractivity contribution in [3.63, 3.8) is 0 Å². The molecule has 0 radical (unpaired) electrons. The van der Waals surface area contributed by atoms with Crippen LogP contribution in [0.25, 0.3) is 0 Å². The zero-order chi connectivity index (χ0) is 56.1. The Bertz CT molecular complexity index is 3160. The van der Waals surface area contributed by atoms with Gasteiger partial charge >= 0.3 is 0 Å². The van der Waals surface area contributed by atoms with Crippen LogP contribution in [0.15, 0.2) is 36.4 Å². The third kappa shape index (κ3) is 9.93. The van der Waals surface area contributed by atoms with Gasteiger partial charge in [0.1, 0.15) is 52.3 Å². The third-order valence-electron chi connectivity index (χ3n) is 15.6. The van der Waals surface area contributed by atoms with E-state index in [0.717, 1.165) is 0 Å². The van der Waals surface area contributed by atoms with Gasteiger partial charge in [-0.15, -0.1) is 24.8 Å². The SMILES string of the molecule is COc1cccc2c1C(=O)c1c(O)c3c(c(O)c1C2=O)C[C@@](O)(C(=O)CO)C[C@@H]3O[C@H]1C[C@H](N)[C@H](O)[C@H](C)O1.COc1cccc2c1C(=O)c1c(O)c3c(c(O)c1C2=O)C[C@@](O)(C(C)=O)C[C@@H]3O[C@H]1C[C@H](N)[C@H](O)[C@H](C)O1.Cl.Cl. The summed E-state index contributed by atoms with van der Waals surface area (Å²) < 4.78 is 34.1. The first-order valence-corrected chi connectivity index (χ1v) is 24.7. The van der Waals surface area contributed by atoms with Crippen LogP contribution < -0.4 is 20.9 Å². The van der Waals surface area contributed by atoms with Gasteiger partial charge in [-0.05, 0) is 32.9 Å². The molecule has 0 bridgehead atoms. The van der Waals surface area contributed by atoms with Crippen LogP contribution >= 0.6 is 24.8 Å². The second kappa shape index (κ2) is 22.4. The van der Waals surface area contributed by atoms with Gasteiger partial charge in [0.15, 0.2) is 35.7 Å². The number of aliphatic hydroxyl groups is 5. The predicted molar refractivity (Wildman–Crippen MR) is 277 cm³/mol. The molecule has 23 nitrogen and oxygen atoms in total. The minimum absolute atomic E-state index is 0. The van der Waals surface area contributed by atoms with E-state index in [0.29, 0.717) is 0 Å². The largest absolute Gasteiger partial charge is 0.507 e. The molecule has 0 amide bonds. The van der Waals surface area contributed by atoms with Gasteiger partial charge in [-0.3, -0.25) is 28.8 Å². The van der Waals surface area contributed by atoms with Crippen molar-refractivity contribution < 1.29 is 103 Å². The molecule has 4 aromatic carbocycles. The summed E-state index contributed by atoms with van der Waals surface area (Å²) >= 11 is 0. The van der Waals surface area contributed by atoms with Crippen LogP contribution in [0.2, 0.25) is 0 Å². The first-order valence-electron chi connectivity index (χ1n) is 24.7. The molecule has 2 fully saturated rings. The number of hydrogen-bond acceptors (Lipinski definition) is 23. The number of phenolic OH excluding ortho intramolecular Hbond substituents is 4. The van der Waals surface area contributed by atoms with E-state index in [1.165, 1.54) is 57.5 Å². The lowest BCUT2D eigenvalue weighted by molar-refractivity contribution is -0.247. The number of carbonyl (C=O) groups excluding carboxylic acids is 6. The Hall–Kier alpha value is -6.16. The van der Waals surface area contributed by atoms with Crippen molar-refractivity contribution in [2.45, 2.75) is 132 Å². The Balaban J connectivity index is 0.000000223. The zero-order valence-corrected chi connectivity index (χ0v) is 44.7. The van der Waals surface area contributed by atoms with Crippen molar-refractivity contribution >= 4 is 59.5 Å². The van der Waals surface area contributed by atoms with Crippen LogP contribution in [-0.2, 0) is 41.4 Å². The monoisotopic (exact) mass is 1140 g/mol. The van der Waals surface area contributed by atoms with Gasteiger partial charge in [-0.2, -0.15) is 0 Å². The van der Waals surface area contributed by atoms with Crippen molar-refractivity contribution in [2.75, 3.05) is 20.8 Å². The number of aliphatic hydroxyl groups excluding tert-OH is 3. The van der Waals surface area contributed by atoms with E-state index in [1.807, 2.05) is 0 Å². The average molecular weight is 1140 g/mol. The normalized spacial score (nSPS) is 29.3. The molecule has 2 heterocycles. The summed E-state index contributed by atoms with van der Waals surface area (Å²) in [6, 6.07) is 7.38. The summed E-state index contributed by atoms with van der Waals surface area (Å²) in [6.07, 6.45) is -9.65. The lowest BCUT2D eigenvalue weighted by Gasteiger charge is -2.42. The average Bonchev–Trinajstić information content (AvgIpc) is 3.32. The second-order valence-corrected chi connectivity index (χ2v) is 20.3. The van der Waals surface area contributed by atoms with Gasteiger partial charge < -0.3 is 85.8 Å². The molecule has 0 aromatic heterocycles. The molecule has 2 aliphatic heterocycles. The molecule has 79 heavy (non-hydrogen) atoms. The minimum Gasteiger partial charge on any atom is -0.507 e. The number of rotatable bonds is 9. The van der Waals surface area contributed by atoms with E-state index in [4.69, 9.17) is 39.9 Å². The van der Waals surface area contributed by atoms with E-state index in [1.54, 1.807) is 13.8 Å². The molecule has 426 valence electrons. The standard InChI is InChI=1S/C27H29NO11.C27H29NO10.2ClH/c1-10-22(31)13(28)6-17(38-10)39-15-8-27(36,16(30)9-29)7-12-19(15)26(35)21-20(24(12)33)23(32)11-4-3-5-14(37-2)18(11)25(21)34;1-10-22(30)14(28)7-17(37-10)38-16-9-27(35,11(2)29)8-13-19(16)26(34)21-20(24(13)32)23(31)12-5-4-6-15(36-3)18(12)25(21)33;;/h3-5,10,13,15,17,22,29,31,33,35-36H,6-9,28H2,1-2H3;4-6,10,14,16-17,22,30,32,34-35H,7-9,28H2,1-3H3;2*1H/t10-,13-,15-,17-,22+,27-;10-,14-,16-,17-,22+,27-;;/m00../s1. The van der Waals surface area contributed by atoms with Gasteiger partial charge in [0.05, 0.1) is 84.2 Å². The molecule has 10 rings (SSSR count). The van der Waals surface area contributed by atoms with Gasteiger partial charge in [-0.25, -0.2) is 0 Å². The lowest BCUT2D eigenvalue weighted by atomic mass is 9.72. The summed E-state index contributed by atoms with van der Waals surface area (Å²) in [5.74, 6) is -6.95. The Morgan fingerprint density at radius 2 is 0.975 bits per heavy atom. The number of ketones is 6. The first kappa shape index (κ1) is 60.5. The van der Waals surface area contributed by atoms with Crippen molar-refractivity contribution in [1.82, 2.24) is 0 Å². The van der Waals surface area contributed by atoms with Crippen LogP contribution in [0.5, 0.6) is 34.5 Å². The molecular formula is C54H60Cl2N2O21.